The Hall–Kier alpha value is -3.98. The molecule has 0 saturated carbocycles. The number of hydrogen-bond donors (Lipinski definition) is 0. The van der Waals surface area contributed by atoms with E-state index in [1.54, 1.807) is 0 Å². The lowest BCUT2D eigenvalue weighted by atomic mass is 9.96. The van der Waals surface area contributed by atoms with Crippen LogP contribution in [0.2, 0.25) is 0 Å². The smallest absolute Gasteiger partial charge is 0.0355 e. The van der Waals surface area contributed by atoms with E-state index in [1.807, 2.05) is 22.7 Å². The van der Waals surface area contributed by atoms with E-state index in [0.29, 0.717) is 0 Å². The molecule has 2 heteroatoms. The van der Waals surface area contributed by atoms with E-state index in [1.165, 1.54) is 84.5 Å². The van der Waals surface area contributed by atoms with Gasteiger partial charge in [-0.15, -0.1) is 22.7 Å². The molecule has 0 aliphatic carbocycles. The summed E-state index contributed by atoms with van der Waals surface area (Å²) in [5.41, 5.74) is 5.18. The van der Waals surface area contributed by atoms with Crippen LogP contribution in [0.3, 0.4) is 0 Å². The van der Waals surface area contributed by atoms with Crippen molar-refractivity contribution >= 4 is 75.2 Å². The molecule has 2 heterocycles. The zero-order chi connectivity index (χ0) is 25.4. The van der Waals surface area contributed by atoms with Crippen LogP contribution in [-0.4, -0.2) is 0 Å². The quantitative estimate of drug-likeness (QED) is 0.199. The van der Waals surface area contributed by atoms with Crippen molar-refractivity contribution in [1.29, 1.82) is 0 Å². The molecule has 0 unspecified atom stereocenters. The zero-order valence-electron chi connectivity index (χ0n) is 21.2. The molecule has 0 aliphatic rings. The summed E-state index contributed by atoms with van der Waals surface area (Å²) in [5, 5.41) is 10.6. The molecule has 0 amide bonds. The Bertz CT molecular complexity index is 2010. The molecule has 0 fully saturated rings. The van der Waals surface area contributed by atoms with Crippen LogP contribution in [0.4, 0.5) is 0 Å². The van der Waals surface area contributed by atoms with E-state index in [2.05, 4.69) is 123 Å². The molecular formula is C36H24S2. The number of rotatable bonds is 2. The van der Waals surface area contributed by atoms with Gasteiger partial charge in [-0.05, 0) is 104 Å². The Kier molecular flexibility index (Phi) is 4.79. The van der Waals surface area contributed by atoms with Gasteiger partial charge in [-0.25, -0.2) is 0 Å². The summed E-state index contributed by atoms with van der Waals surface area (Å²) in [5.74, 6) is 0. The first-order valence-electron chi connectivity index (χ1n) is 13.0. The van der Waals surface area contributed by atoms with Gasteiger partial charge in [0.1, 0.15) is 0 Å². The highest BCUT2D eigenvalue weighted by atomic mass is 32.1. The molecule has 0 spiro atoms. The lowest BCUT2D eigenvalue weighted by Gasteiger charge is -2.08. The average Bonchev–Trinajstić information content (AvgIpc) is 3.54. The molecule has 0 aliphatic heterocycles. The summed E-state index contributed by atoms with van der Waals surface area (Å²) < 4.78 is 2.69. The number of benzene rings is 6. The van der Waals surface area contributed by atoms with Crippen molar-refractivity contribution in [2.45, 2.75) is 13.8 Å². The number of aryl methyl sites for hydroxylation is 2. The van der Waals surface area contributed by atoms with Crippen LogP contribution in [-0.2, 0) is 0 Å². The monoisotopic (exact) mass is 520 g/mol. The first-order chi connectivity index (χ1) is 18.6. The molecule has 0 saturated heterocycles. The Labute approximate surface area is 229 Å². The van der Waals surface area contributed by atoms with Crippen LogP contribution in [0.15, 0.2) is 109 Å². The normalized spacial score (nSPS) is 11.9. The zero-order valence-corrected chi connectivity index (χ0v) is 22.8. The Balaban J connectivity index is 1.31. The predicted molar refractivity (Wildman–Crippen MR) is 170 cm³/mol. The van der Waals surface area contributed by atoms with Gasteiger partial charge >= 0.3 is 0 Å². The summed E-state index contributed by atoms with van der Waals surface area (Å²) in [6.07, 6.45) is 0. The topological polar surface area (TPSA) is 0 Å². The van der Waals surface area contributed by atoms with Gasteiger partial charge in [0, 0.05) is 19.2 Å². The molecular weight excluding hydrogens is 497 g/mol. The fourth-order valence-corrected chi connectivity index (χ4v) is 7.86. The van der Waals surface area contributed by atoms with E-state index in [4.69, 9.17) is 0 Å². The molecule has 0 nitrogen and oxygen atoms in total. The van der Waals surface area contributed by atoms with E-state index in [0.717, 1.165) is 0 Å². The van der Waals surface area contributed by atoms with Crippen LogP contribution in [0, 0.1) is 13.8 Å². The third kappa shape index (κ3) is 3.49. The maximum atomic E-state index is 2.39. The van der Waals surface area contributed by atoms with Gasteiger partial charge in [0.15, 0.2) is 0 Å². The Morgan fingerprint density at radius 3 is 1.21 bits per heavy atom. The molecule has 2 aromatic heterocycles. The first kappa shape index (κ1) is 22.0. The van der Waals surface area contributed by atoms with Gasteiger partial charge in [0.25, 0.3) is 0 Å². The molecule has 180 valence electrons. The second kappa shape index (κ2) is 8.26. The Morgan fingerprint density at radius 2 is 0.789 bits per heavy atom. The van der Waals surface area contributed by atoms with Crippen molar-refractivity contribution in [1.82, 2.24) is 0 Å². The summed E-state index contributed by atoms with van der Waals surface area (Å²) in [4.78, 5) is 2.66. The maximum Gasteiger partial charge on any atom is 0.0355 e. The average molecular weight is 521 g/mol. The second-order valence-corrected chi connectivity index (χ2v) is 12.6. The molecule has 6 aromatic carbocycles. The molecule has 38 heavy (non-hydrogen) atoms. The summed E-state index contributed by atoms with van der Waals surface area (Å²) in [7, 11) is 0. The fourth-order valence-electron chi connectivity index (χ4n) is 5.66. The van der Waals surface area contributed by atoms with Gasteiger partial charge in [0.05, 0.1) is 0 Å². The SMILES string of the molecule is Cc1ccc(-c2cc3cc4c(ccc5c6cc7cc(-c8ccc(C)cc8)sc7cc6ccc45)cc3s2)cc1. The molecule has 0 atom stereocenters. The van der Waals surface area contributed by atoms with Gasteiger partial charge < -0.3 is 0 Å². The highest BCUT2D eigenvalue weighted by Crippen LogP contribution is 2.41. The van der Waals surface area contributed by atoms with Gasteiger partial charge in [-0.1, -0.05) is 83.9 Å². The van der Waals surface area contributed by atoms with E-state index in [9.17, 15) is 0 Å². The van der Waals surface area contributed by atoms with Crippen LogP contribution >= 0.6 is 22.7 Å². The Morgan fingerprint density at radius 1 is 0.368 bits per heavy atom. The third-order valence-corrected chi connectivity index (χ3v) is 10.1. The number of hydrogen-bond acceptors (Lipinski definition) is 2. The van der Waals surface area contributed by atoms with Crippen molar-refractivity contribution in [2.75, 3.05) is 0 Å². The molecule has 8 aromatic rings. The molecule has 8 rings (SSSR count). The minimum atomic E-state index is 1.29. The van der Waals surface area contributed by atoms with E-state index >= 15 is 0 Å². The van der Waals surface area contributed by atoms with Gasteiger partial charge in [-0.3, -0.25) is 0 Å². The first-order valence-corrected chi connectivity index (χ1v) is 14.6. The van der Waals surface area contributed by atoms with Gasteiger partial charge in [-0.2, -0.15) is 0 Å². The summed E-state index contributed by atoms with van der Waals surface area (Å²) in [6.45, 7) is 4.28. The van der Waals surface area contributed by atoms with Crippen molar-refractivity contribution in [2.24, 2.45) is 0 Å². The van der Waals surface area contributed by atoms with E-state index in [-0.39, 0.29) is 0 Å². The van der Waals surface area contributed by atoms with Crippen molar-refractivity contribution in [3.63, 3.8) is 0 Å². The minimum absolute atomic E-state index is 1.29. The largest absolute Gasteiger partial charge is 0.135 e. The molecule has 0 radical (unpaired) electrons. The standard InChI is InChI=1S/C36H24S2/c1-21-3-7-23(8-4-21)33-19-27-15-31-25(17-35(27)37-33)11-13-30-29(31)14-12-26-18-36-28(16-32(26)30)20-34(38-36)24-9-5-22(2)6-10-24/h3-20H,1-2H3. The van der Waals surface area contributed by atoms with Crippen LogP contribution in [0.25, 0.3) is 73.4 Å². The minimum Gasteiger partial charge on any atom is -0.135 e. The highest BCUT2D eigenvalue weighted by molar-refractivity contribution is 7.22. The van der Waals surface area contributed by atoms with Crippen molar-refractivity contribution < 1.29 is 0 Å². The molecule has 0 N–H and O–H groups in total. The maximum absolute atomic E-state index is 2.39. The van der Waals surface area contributed by atoms with Crippen LogP contribution < -0.4 is 0 Å². The molecule has 0 bridgehead atoms. The summed E-state index contributed by atoms with van der Waals surface area (Å²) in [6, 6.07) is 41.2. The van der Waals surface area contributed by atoms with Crippen molar-refractivity contribution in [3.8, 4) is 20.9 Å². The predicted octanol–water partition coefficient (Wildman–Crippen LogP) is 11.5. The summed E-state index contributed by atoms with van der Waals surface area (Å²) >= 11 is 3.77. The number of thiophene rings is 2. The van der Waals surface area contributed by atoms with Crippen LogP contribution in [0.1, 0.15) is 11.1 Å². The van der Waals surface area contributed by atoms with Gasteiger partial charge in [0.2, 0.25) is 0 Å². The second-order valence-electron chi connectivity index (χ2n) is 10.4. The van der Waals surface area contributed by atoms with E-state index < -0.39 is 0 Å². The fraction of sp³-hybridized carbons (Fsp3) is 0.0556. The van der Waals surface area contributed by atoms with Crippen molar-refractivity contribution in [3.05, 3.63) is 120 Å². The lowest BCUT2D eigenvalue weighted by Crippen LogP contribution is -1.81. The van der Waals surface area contributed by atoms with Crippen LogP contribution in [0.5, 0.6) is 0 Å². The third-order valence-electron chi connectivity index (χ3n) is 7.78. The highest BCUT2D eigenvalue weighted by Gasteiger charge is 2.12. The lowest BCUT2D eigenvalue weighted by molar-refractivity contribution is 1.48. The number of fused-ring (bicyclic) bond motifs is 7.